The fraction of sp³-hybridized carbons (Fsp3) is 0.909. The number of ether oxygens (including phenoxy) is 4. The summed E-state index contributed by atoms with van der Waals surface area (Å²) in [5.74, 6) is -0.460. The second kappa shape index (κ2) is 13.2. The van der Waals surface area contributed by atoms with E-state index in [1.54, 1.807) is 0 Å². The van der Waals surface area contributed by atoms with Gasteiger partial charge in [0.05, 0.1) is 17.9 Å². The molecule has 0 aromatic rings. The van der Waals surface area contributed by atoms with Gasteiger partial charge in [0.15, 0.2) is 6.29 Å². The van der Waals surface area contributed by atoms with Gasteiger partial charge in [-0.25, -0.2) is 0 Å². The van der Waals surface area contributed by atoms with Gasteiger partial charge in [0.25, 0.3) is 0 Å². The molecule has 3 unspecified atom stereocenters. The van der Waals surface area contributed by atoms with E-state index in [2.05, 4.69) is 6.92 Å². The van der Waals surface area contributed by atoms with E-state index in [9.17, 15) is 9.59 Å². The second-order valence-electron chi connectivity index (χ2n) is 8.20. The summed E-state index contributed by atoms with van der Waals surface area (Å²) >= 11 is 0. The van der Waals surface area contributed by atoms with Gasteiger partial charge in [-0.3, -0.25) is 9.59 Å². The van der Waals surface area contributed by atoms with Crippen LogP contribution in [0, 0.1) is 17.3 Å². The molecule has 1 aliphatic carbocycles. The number of hydrogen-bond donors (Lipinski definition) is 0. The van der Waals surface area contributed by atoms with Gasteiger partial charge in [-0.05, 0) is 52.4 Å². The molecular weight excluding hydrogens is 360 g/mol. The molecule has 0 aliphatic heterocycles. The molecule has 6 nitrogen and oxygen atoms in total. The maximum Gasteiger partial charge on any atom is 0.311 e. The smallest absolute Gasteiger partial charge is 0.311 e. The van der Waals surface area contributed by atoms with E-state index < -0.39 is 5.41 Å². The van der Waals surface area contributed by atoms with Crippen molar-refractivity contribution in [3.05, 3.63) is 0 Å². The third kappa shape index (κ3) is 8.48. The molecule has 0 saturated heterocycles. The minimum atomic E-state index is -0.509. The zero-order valence-corrected chi connectivity index (χ0v) is 18.5. The molecule has 0 aromatic carbocycles. The van der Waals surface area contributed by atoms with E-state index in [1.807, 2.05) is 27.7 Å². The summed E-state index contributed by atoms with van der Waals surface area (Å²) in [5, 5.41) is 0. The predicted octanol–water partition coefficient (Wildman–Crippen LogP) is 4.49. The molecule has 0 spiro atoms. The van der Waals surface area contributed by atoms with Crippen LogP contribution in [0.25, 0.3) is 0 Å². The van der Waals surface area contributed by atoms with Gasteiger partial charge < -0.3 is 18.9 Å². The molecule has 6 heteroatoms. The maximum atomic E-state index is 12.6. The van der Waals surface area contributed by atoms with Crippen LogP contribution in [0.4, 0.5) is 0 Å². The van der Waals surface area contributed by atoms with Crippen molar-refractivity contribution in [3.63, 3.8) is 0 Å². The lowest BCUT2D eigenvalue weighted by Gasteiger charge is -2.31. The first-order valence-corrected chi connectivity index (χ1v) is 10.9. The number of rotatable bonds is 13. The predicted molar refractivity (Wildman–Crippen MR) is 108 cm³/mol. The highest BCUT2D eigenvalue weighted by atomic mass is 16.7. The fourth-order valence-electron chi connectivity index (χ4n) is 3.31. The van der Waals surface area contributed by atoms with Crippen LogP contribution < -0.4 is 0 Å². The SMILES string of the molecule is CCCC(OCC)OCC1CCCCC1C(=O)OCCOC(=O)C(C)(C)CC. The molecule has 0 aromatic heterocycles. The molecule has 0 N–H and O–H groups in total. The molecule has 1 fully saturated rings. The zero-order valence-electron chi connectivity index (χ0n) is 18.5. The molecule has 1 saturated carbocycles. The third-order valence-corrected chi connectivity index (χ3v) is 5.58. The van der Waals surface area contributed by atoms with E-state index in [1.165, 1.54) is 0 Å². The largest absolute Gasteiger partial charge is 0.462 e. The van der Waals surface area contributed by atoms with Gasteiger partial charge in [0.2, 0.25) is 0 Å². The lowest BCUT2D eigenvalue weighted by atomic mass is 9.79. The Morgan fingerprint density at radius 3 is 2.32 bits per heavy atom. The molecule has 3 atom stereocenters. The summed E-state index contributed by atoms with van der Waals surface area (Å²) < 4.78 is 22.2. The Morgan fingerprint density at radius 2 is 1.68 bits per heavy atom. The molecule has 0 heterocycles. The van der Waals surface area contributed by atoms with Gasteiger partial charge in [0.1, 0.15) is 13.2 Å². The van der Waals surface area contributed by atoms with Gasteiger partial charge in [-0.2, -0.15) is 0 Å². The Bertz CT molecular complexity index is 456. The van der Waals surface area contributed by atoms with Crippen LogP contribution in [0.2, 0.25) is 0 Å². The summed E-state index contributed by atoms with van der Waals surface area (Å²) in [6.07, 6.45) is 6.27. The normalized spacial score (nSPS) is 21.2. The number of hydrogen-bond acceptors (Lipinski definition) is 6. The third-order valence-electron chi connectivity index (χ3n) is 5.58. The van der Waals surface area contributed by atoms with Gasteiger partial charge in [0, 0.05) is 6.61 Å². The molecule has 0 bridgehead atoms. The van der Waals surface area contributed by atoms with E-state index in [-0.39, 0.29) is 43.3 Å². The Balaban J connectivity index is 2.43. The van der Waals surface area contributed by atoms with Crippen molar-refractivity contribution in [2.45, 2.75) is 85.9 Å². The van der Waals surface area contributed by atoms with Crippen LogP contribution in [0.5, 0.6) is 0 Å². The first-order valence-electron chi connectivity index (χ1n) is 10.9. The molecule has 1 rings (SSSR count). The van der Waals surface area contributed by atoms with Crippen molar-refractivity contribution >= 4 is 11.9 Å². The lowest BCUT2D eigenvalue weighted by molar-refractivity contribution is -0.169. The summed E-state index contributed by atoms with van der Waals surface area (Å²) in [6.45, 7) is 11.0. The quantitative estimate of drug-likeness (QED) is 0.258. The molecule has 0 radical (unpaired) electrons. The van der Waals surface area contributed by atoms with E-state index in [0.717, 1.165) is 38.5 Å². The van der Waals surface area contributed by atoms with Crippen LogP contribution in [-0.4, -0.2) is 44.7 Å². The summed E-state index contributed by atoms with van der Waals surface area (Å²) in [4.78, 5) is 24.5. The van der Waals surface area contributed by atoms with Crippen molar-refractivity contribution < 1.29 is 28.5 Å². The minimum Gasteiger partial charge on any atom is -0.462 e. The van der Waals surface area contributed by atoms with Crippen molar-refractivity contribution in [3.8, 4) is 0 Å². The Kier molecular flexibility index (Phi) is 11.7. The van der Waals surface area contributed by atoms with Crippen LogP contribution >= 0.6 is 0 Å². The topological polar surface area (TPSA) is 71.1 Å². The van der Waals surface area contributed by atoms with Crippen molar-refractivity contribution in [1.29, 1.82) is 0 Å². The van der Waals surface area contributed by atoms with Crippen molar-refractivity contribution in [1.82, 2.24) is 0 Å². The van der Waals surface area contributed by atoms with E-state index >= 15 is 0 Å². The van der Waals surface area contributed by atoms with Gasteiger partial charge in [-0.1, -0.05) is 33.1 Å². The summed E-state index contributed by atoms with van der Waals surface area (Å²) in [7, 11) is 0. The van der Waals surface area contributed by atoms with Gasteiger partial charge >= 0.3 is 11.9 Å². The van der Waals surface area contributed by atoms with Crippen molar-refractivity contribution in [2.24, 2.45) is 17.3 Å². The highest BCUT2D eigenvalue weighted by Gasteiger charge is 2.33. The lowest BCUT2D eigenvalue weighted by Crippen LogP contribution is -2.34. The summed E-state index contributed by atoms with van der Waals surface area (Å²) in [5.41, 5.74) is -0.509. The van der Waals surface area contributed by atoms with Crippen LogP contribution in [0.1, 0.15) is 79.6 Å². The first kappa shape index (κ1) is 24.9. The second-order valence-corrected chi connectivity index (χ2v) is 8.20. The highest BCUT2D eigenvalue weighted by Crippen LogP contribution is 2.32. The highest BCUT2D eigenvalue weighted by molar-refractivity contribution is 5.76. The number of carbonyl (C=O) groups excluding carboxylic acids is 2. The molecular formula is C22H40O6. The van der Waals surface area contributed by atoms with Crippen LogP contribution in [0.3, 0.4) is 0 Å². The standard InChI is InChI=1S/C22H40O6/c1-6-11-19(25-8-3)28-16-17-12-9-10-13-18(17)20(23)26-14-15-27-21(24)22(4,5)7-2/h17-19H,6-16H2,1-5H3. The minimum absolute atomic E-state index is 0.102. The fourth-order valence-corrected chi connectivity index (χ4v) is 3.31. The molecule has 0 amide bonds. The van der Waals surface area contributed by atoms with Gasteiger partial charge in [-0.15, -0.1) is 0 Å². The Labute approximate surface area is 170 Å². The Hall–Kier alpha value is -1.14. The molecule has 1 aliphatic rings. The van der Waals surface area contributed by atoms with Crippen LogP contribution in [0.15, 0.2) is 0 Å². The van der Waals surface area contributed by atoms with Crippen LogP contribution in [-0.2, 0) is 28.5 Å². The zero-order chi connectivity index (χ0) is 21.0. The number of esters is 2. The number of carbonyl (C=O) groups is 2. The molecule has 28 heavy (non-hydrogen) atoms. The maximum absolute atomic E-state index is 12.6. The average molecular weight is 401 g/mol. The molecule has 164 valence electrons. The van der Waals surface area contributed by atoms with E-state index in [4.69, 9.17) is 18.9 Å². The van der Waals surface area contributed by atoms with E-state index in [0.29, 0.717) is 19.6 Å². The Morgan fingerprint density at radius 1 is 1.00 bits per heavy atom. The average Bonchev–Trinajstić information content (AvgIpc) is 2.69. The first-order chi connectivity index (χ1) is 13.4. The summed E-state index contributed by atoms with van der Waals surface area (Å²) in [6, 6.07) is 0. The van der Waals surface area contributed by atoms with Crippen molar-refractivity contribution in [2.75, 3.05) is 26.4 Å². The monoisotopic (exact) mass is 400 g/mol.